The normalized spacial score (nSPS) is 15.9. The molecule has 0 bridgehead atoms. The van der Waals surface area contributed by atoms with Crippen LogP contribution < -0.4 is 9.62 Å². The largest absolute Gasteiger partial charge is 0.306 e. The molecule has 1 aliphatic heterocycles. The molecular weight excluding hydrogens is 432 g/mol. The van der Waals surface area contributed by atoms with Crippen LogP contribution in [0, 0.1) is 21.7 Å². The zero-order valence-electron chi connectivity index (χ0n) is 15.1. The SMILES string of the molecule is CC(=O)N1CC(C)c2cc(S(=O)(=O)Nc3c(F)cc(Cl)cc3F)cc([N+](=O)[O-])c21. The van der Waals surface area contributed by atoms with Crippen LogP contribution in [0.1, 0.15) is 25.3 Å². The number of anilines is 2. The zero-order valence-corrected chi connectivity index (χ0v) is 16.6. The van der Waals surface area contributed by atoms with Gasteiger partial charge in [0.1, 0.15) is 11.4 Å². The minimum Gasteiger partial charge on any atom is -0.306 e. The lowest BCUT2D eigenvalue weighted by Gasteiger charge is -2.16. The van der Waals surface area contributed by atoms with Gasteiger partial charge in [-0.3, -0.25) is 19.6 Å². The quantitative estimate of drug-likeness (QED) is 0.568. The Morgan fingerprint density at radius 2 is 1.86 bits per heavy atom. The van der Waals surface area contributed by atoms with Crippen LogP contribution in [-0.4, -0.2) is 25.8 Å². The van der Waals surface area contributed by atoms with Crippen LogP contribution in [0.15, 0.2) is 29.2 Å². The van der Waals surface area contributed by atoms with Gasteiger partial charge in [-0.05, 0) is 23.8 Å². The highest BCUT2D eigenvalue weighted by Crippen LogP contribution is 2.44. The number of benzene rings is 2. The number of carbonyl (C=O) groups is 1. The van der Waals surface area contributed by atoms with Crippen molar-refractivity contribution in [3.8, 4) is 0 Å². The van der Waals surface area contributed by atoms with Gasteiger partial charge in [0, 0.05) is 30.5 Å². The second-order valence-electron chi connectivity index (χ2n) is 6.52. The molecule has 0 aromatic heterocycles. The summed E-state index contributed by atoms with van der Waals surface area (Å²) in [6.45, 7) is 3.06. The molecule has 154 valence electrons. The lowest BCUT2D eigenvalue weighted by Crippen LogP contribution is -2.27. The highest BCUT2D eigenvalue weighted by Gasteiger charge is 2.37. The van der Waals surface area contributed by atoms with Gasteiger partial charge < -0.3 is 4.90 Å². The summed E-state index contributed by atoms with van der Waals surface area (Å²) in [5, 5.41) is 11.3. The number of hydrogen-bond donors (Lipinski definition) is 1. The molecule has 12 heteroatoms. The lowest BCUT2D eigenvalue weighted by atomic mass is 10.0. The Hall–Kier alpha value is -2.79. The number of sulfonamides is 1. The van der Waals surface area contributed by atoms with E-state index in [-0.39, 0.29) is 28.7 Å². The second kappa shape index (κ2) is 7.23. The topological polar surface area (TPSA) is 110 Å². The smallest absolute Gasteiger partial charge is 0.294 e. The molecule has 1 amide bonds. The molecule has 1 atom stereocenters. The molecule has 0 fully saturated rings. The van der Waals surface area contributed by atoms with Crippen molar-refractivity contribution in [1.29, 1.82) is 0 Å². The Balaban J connectivity index is 2.15. The zero-order chi connectivity index (χ0) is 21.7. The molecule has 3 rings (SSSR count). The van der Waals surface area contributed by atoms with Gasteiger partial charge in [-0.1, -0.05) is 18.5 Å². The highest BCUT2D eigenvalue weighted by atomic mass is 35.5. The molecule has 1 heterocycles. The molecule has 0 saturated carbocycles. The monoisotopic (exact) mass is 445 g/mol. The average molecular weight is 446 g/mol. The average Bonchev–Trinajstić information content (AvgIpc) is 2.94. The summed E-state index contributed by atoms with van der Waals surface area (Å²) >= 11 is 5.52. The maximum Gasteiger partial charge on any atom is 0.294 e. The maximum absolute atomic E-state index is 14.0. The Morgan fingerprint density at radius 3 is 2.38 bits per heavy atom. The highest BCUT2D eigenvalue weighted by molar-refractivity contribution is 7.92. The van der Waals surface area contributed by atoms with Crippen LogP contribution in [0.25, 0.3) is 0 Å². The van der Waals surface area contributed by atoms with Crippen LogP contribution >= 0.6 is 11.6 Å². The van der Waals surface area contributed by atoms with Crippen LogP contribution in [0.3, 0.4) is 0 Å². The van der Waals surface area contributed by atoms with Gasteiger partial charge in [0.05, 0.1) is 9.82 Å². The number of hydrogen-bond acceptors (Lipinski definition) is 5. The number of nitro groups is 1. The van der Waals surface area contributed by atoms with E-state index in [1.165, 1.54) is 11.8 Å². The van der Waals surface area contributed by atoms with Gasteiger partial charge in [-0.2, -0.15) is 0 Å². The van der Waals surface area contributed by atoms with E-state index >= 15 is 0 Å². The first kappa shape index (κ1) is 20.9. The van der Waals surface area contributed by atoms with Crippen molar-refractivity contribution in [2.75, 3.05) is 16.2 Å². The van der Waals surface area contributed by atoms with Crippen molar-refractivity contribution in [3.05, 3.63) is 56.6 Å². The fraction of sp³-hybridized carbons (Fsp3) is 0.235. The van der Waals surface area contributed by atoms with Crippen molar-refractivity contribution in [3.63, 3.8) is 0 Å². The Bertz CT molecular complexity index is 1130. The van der Waals surface area contributed by atoms with E-state index in [0.29, 0.717) is 0 Å². The molecule has 0 radical (unpaired) electrons. The minimum absolute atomic E-state index is 0.0119. The van der Waals surface area contributed by atoms with E-state index in [2.05, 4.69) is 0 Å². The van der Waals surface area contributed by atoms with Gasteiger partial charge in [0.2, 0.25) is 5.91 Å². The fourth-order valence-electron chi connectivity index (χ4n) is 3.16. The molecule has 8 nitrogen and oxygen atoms in total. The maximum atomic E-state index is 14.0. The van der Waals surface area contributed by atoms with Crippen LogP contribution in [0.2, 0.25) is 5.02 Å². The van der Waals surface area contributed by atoms with E-state index in [9.17, 15) is 32.1 Å². The van der Waals surface area contributed by atoms with Crippen molar-refractivity contribution in [1.82, 2.24) is 0 Å². The van der Waals surface area contributed by atoms with Gasteiger partial charge in [-0.25, -0.2) is 17.2 Å². The molecular formula is C17H14ClF2N3O5S. The van der Waals surface area contributed by atoms with E-state index in [4.69, 9.17) is 11.6 Å². The molecule has 0 aliphatic carbocycles. The second-order valence-corrected chi connectivity index (χ2v) is 8.64. The first-order chi connectivity index (χ1) is 13.4. The molecule has 2 aromatic rings. The number of carbonyl (C=O) groups excluding carboxylic acids is 1. The van der Waals surface area contributed by atoms with Crippen LogP contribution in [0.4, 0.5) is 25.8 Å². The molecule has 1 aliphatic rings. The Morgan fingerprint density at radius 1 is 1.28 bits per heavy atom. The molecule has 2 aromatic carbocycles. The van der Waals surface area contributed by atoms with Crippen molar-refractivity contribution in [2.45, 2.75) is 24.7 Å². The lowest BCUT2D eigenvalue weighted by molar-refractivity contribution is -0.384. The summed E-state index contributed by atoms with van der Waals surface area (Å²) in [6, 6.07) is 3.35. The number of fused-ring (bicyclic) bond motifs is 1. The molecule has 0 spiro atoms. The van der Waals surface area contributed by atoms with E-state index in [0.717, 1.165) is 24.3 Å². The number of amides is 1. The molecule has 1 unspecified atom stereocenters. The summed E-state index contributed by atoms with van der Waals surface area (Å²) in [5.74, 6) is -3.31. The van der Waals surface area contributed by atoms with Gasteiger partial charge in [0.25, 0.3) is 15.7 Å². The third kappa shape index (κ3) is 3.75. The van der Waals surface area contributed by atoms with Crippen LogP contribution in [0.5, 0.6) is 0 Å². The first-order valence-electron chi connectivity index (χ1n) is 8.20. The standard InChI is InChI=1S/C17H14ClF2N3O5S/c1-8-7-22(9(2)24)17-12(8)5-11(6-15(17)23(25)26)29(27,28)21-16-13(19)3-10(18)4-14(16)20/h3-6,8,21H,7H2,1-2H3. The number of nitrogens with zero attached hydrogens (tertiary/aromatic N) is 2. The molecule has 29 heavy (non-hydrogen) atoms. The summed E-state index contributed by atoms with van der Waals surface area (Å²) in [6.07, 6.45) is 0. The Labute approximate surface area is 169 Å². The predicted octanol–water partition coefficient (Wildman–Crippen LogP) is 3.80. The summed E-state index contributed by atoms with van der Waals surface area (Å²) in [4.78, 5) is 23.2. The third-order valence-corrected chi connectivity index (χ3v) is 6.03. The Kier molecular flexibility index (Phi) is 5.22. The summed E-state index contributed by atoms with van der Waals surface area (Å²) in [7, 11) is -4.59. The van der Waals surface area contributed by atoms with Gasteiger partial charge in [0.15, 0.2) is 11.6 Å². The van der Waals surface area contributed by atoms with E-state index in [1.54, 1.807) is 11.6 Å². The number of halogens is 3. The van der Waals surface area contributed by atoms with Crippen molar-refractivity contribution >= 4 is 44.6 Å². The molecule has 0 saturated heterocycles. The third-order valence-electron chi connectivity index (χ3n) is 4.48. The number of rotatable bonds is 4. The van der Waals surface area contributed by atoms with Gasteiger partial charge in [-0.15, -0.1) is 0 Å². The fourth-order valence-corrected chi connectivity index (χ4v) is 4.48. The minimum atomic E-state index is -4.59. The predicted molar refractivity (Wildman–Crippen MR) is 102 cm³/mol. The molecule has 1 N–H and O–H groups in total. The number of nitro benzene ring substituents is 1. The van der Waals surface area contributed by atoms with Gasteiger partial charge >= 0.3 is 0 Å². The van der Waals surface area contributed by atoms with Crippen molar-refractivity contribution < 1.29 is 26.9 Å². The number of nitrogens with one attached hydrogen (secondary N) is 1. The first-order valence-corrected chi connectivity index (χ1v) is 10.1. The van der Waals surface area contributed by atoms with E-state index < -0.39 is 48.8 Å². The van der Waals surface area contributed by atoms with Crippen molar-refractivity contribution in [2.24, 2.45) is 0 Å². The summed E-state index contributed by atoms with van der Waals surface area (Å²) in [5.41, 5.74) is -1.28. The van der Waals surface area contributed by atoms with Crippen LogP contribution in [-0.2, 0) is 14.8 Å². The van der Waals surface area contributed by atoms with E-state index in [1.807, 2.05) is 0 Å². The summed E-state index contributed by atoms with van der Waals surface area (Å²) < 4.78 is 55.1.